The molecule has 3 nitrogen and oxygen atoms in total. The first-order valence-electron chi connectivity index (χ1n) is 8.07. The second kappa shape index (κ2) is 6.19. The van der Waals surface area contributed by atoms with E-state index in [1.807, 2.05) is 0 Å². The molecule has 1 aromatic heterocycles. The third-order valence-corrected chi connectivity index (χ3v) is 4.45. The van der Waals surface area contributed by atoms with Crippen molar-refractivity contribution in [3.63, 3.8) is 0 Å². The van der Waals surface area contributed by atoms with Gasteiger partial charge in [-0.3, -0.25) is 9.78 Å². The topological polar surface area (TPSA) is 42.0 Å². The van der Waals surface area contributed by atoms with E-state index in [0.29, 0.717) is 34.4 Å². The highest BCUT2D eigenvalue weighted by atomic mass is 19.4. The second-order valence-electron chi connectivity index (χ2n) is 6.17. The van der Waals surface area contributed by atoms with Gasteiger partial charge < -0.3 is 5.32 Å². The van der Waals surface area contributed by atoms with E-state index in [1.54, 1.807) is 24.3 Å². The Labute approximate surface area is 151 Å². The second-order valence-corrected chi connectivity index (χ2v) is 6.17. The molecule has 0 fully saturated rings. The number of carbonyl (C=O) groups is 1. The van der Waals surface area contributed by atoms with Crippen LogP contribution < -0.4 is 5.32 Å². The molecule has 0 spiro atoms. The number of nitrogens with zero attached hydrogens (tertiary/aromatic N) is 1. The van der Waals surface area contributed by atoms with E-state index in [2.05, 4.69) is 10.3 Å². The van der Waals surface area contributed by atoms with Crippen LogP contribution in [-0.2, 0) is 12.7 Å². The highest BCUT2D eigenvalue weighted by Gasteiger charge is 2.32. The number of hydrogen-bond donors (Lipinski definition) is 1. The zero-order chi connectivity index (χ0) is 19.2. The summed E-state index contributed by atoms with van der Waals surface area (Å²) in [5.41, 5.74) is 2.63. The van der Waals surface area contributed by atoms with Crippen LogP contribution in [0.1, 0.15) is 21.6 Å². The Morgan fingerprint density at radius 3 is 2.19 bits per heavy atom. The summed E-state index contributed by atoms with van der Waals surface area (Å²) in [4.78, 5) is 15.5. The fraction of sp³-hybridized carbons (Fsp3) is 0.100. The van der Waals surface area contributed by atoms with Crippen molar-refractivity contribution in [1.29, 1.82) is 0 Å². The number of aromatic nitrogens is 1. The normalized spacial score (nSPS) is 13.4. The number of carbonyl (C=O) groups excluding carboxylic acids is 1. The number of fused-ring (bicyclic) bond motifs is 1. The molecule has 1 N–H and O–H groups in total. The van der Waals surface area contributed by atoms with Gasteiger partial charge in [0.1, 0.15) is 11.5 Å². The van der Waals surface area contributed by atoms with Crippen LogP contribution in [0.3, 0.4) is 0 Å². The molecule has 2 aromatic carbocycles. The quantitative estimate of drug-likeness (QED) is 0.656. The van der Waals surface area contributed by atoms with Crippen molar-refractivity contribution in [3.05, 3.63) is 77.4 Å². The monoisotopic (exact) mass is 372 g/mol. The van der Waals surface area contributed by atoms with Crippen LogP contribution in [0.4, 0.5) is 17.6 Å². The molecule has 0 aliphatic carbocycles. The number of rotatable bonds is 2. The SMILES string of the molecule is O=C1NCc2cc(-c3ccc(C(F)(F)F)nc3)c(-c3ccc(F)cc3)cc21. The maximum absolute atomic E-state index is 13.3. The summed E-state index contributed by atoms with van der Waals surface area (Å²) in [6.07, 6.45) is -3.37. The predicted octanol–water partition coefficient (Wildman–Crippen LogP) is 4.82. The van der Waals surface area contributed by atoms with Crippen molar-refractivity contribution in [2.75, 3.05) is 0 Å². The fourth-order valence-corrected chi connectivity index (χ4v) is 3.10. The van der Waals surface area contributed by atoms with E-state index >= 15 is 0 Å². The highest BCUT2D eigenvalue weighted by molar-refractivity contribution is 6.01. The molecule has 136 valence electrons. The summed E-state index contributed by atoms with van der Waals surface area (Å²) in [6.45, 7) is 0.346. The number of benzene rings is 2. The summed E-state index contributed by atoms with van der Waals surface area (Å²) in [6, 6.07) is 11.4. The lowest BCUT2D eigenvalue weighted by atomic mass is 9.91. The van der Waals surface area contributed by atoms with E-state index in [-0.39, 0.29) is 5.91 Å². The van der Waals surface area contributed by atoms with E-state index in [0.717, 1.165) is 17.8 Å². The van der Waals surface area contributed by atoms with Gasteiger partial charge in [-0.25, -0.2) is 4.39 Å². The Bertz CT molecular complexity index is 1030. The van der Waals surface area contributed by atoms with E-state index in [4.69, 9.17) is 0 Å². The Hall–Kier alpha value is -3.22. The molecule has 0 saturated carbocycles. The summed E-state index contributed by atoms with van der Waals surface area (Å²) in [5, 5.41) is 2.72. The molecule has 7 heteroatoms. The molecule has 0 radical (unpaired) electrons. The van der Waals surface area contributed by atoms with Crippen LogP contribution in [0.25, 0.3) is 22.3 Å². The van der Waals surface area contributed by atoms with Gasteiger partial charge >= 0.3 is 6.18 Å². The molecule has 1 amide bonds. The minimum Gasteiger partial charge on any atom is -0.348 e. The Morgan fingerprint density at radius 1 is 0.889 bits per heavy atom. The molecule has 27 heavy (non-hydrogen) atoms. The summed E-state index contributed by atoms with van der Waals surface area (Å²) in [7, 11) is 0. The number of hydrogen-bond acceptors (Lipinski definition) is 2. The van der Waals surface area contributed by atoms with Gasteiger partial charge in [-0.05, 0) is 52.6 Å². The summed E-state index contributed by atoms with van der Waals surface area (Å²) in [5.74, 6) is -0.624. The fourth-order valence-electron chi connectivity index (χ4n) is 3.10. The van der Waals surface area contributed by atoms with Crippen LogP contribution in [0.5, 0.6) is 0 Å². The molecule has 2 heterocycles. The van der Waals surface area contributed by atoms with E-state index < -0.39 is 17.7 Å². The van der Waals surface area contributed by atoms with Gasteiger partial charge in [0.15, 0.2) is 0 Å². The maximum atomic E-state index is 13.3. The third-order valence-electron chi connectivity index (χ3n) is 4.45. The smallest absolute Gasteiger partial charge is 0.348 e. The van der Waals surface area contributed by atoms with Crippen LogP contribution >= 0.6 is 0 Å². The van der Waals surface area contributed by atoms with Crippen LogP contribution in [0.15, 0.2) is 54.7 Å². The third kappa shape index (κ3) is 3.16. The average Bonchev–Trinajstić information content (AvgIpc) is 3.01. The standard InChI is InChI=1S/C20H12F4N2O/c21-14-4-1-11(2-5-14)16-8-17-13(10-26-19(17)27)7-15(16)12-3-6-18(25-9-12)20(22,23)24/h1-9H,10H2,(H,26,27). The van der Waals surface area contributed by atoms with Gasteiger partial charge in [0.2, 0.25) is 0 Å². The van der Waals surface area contributed by atoms with Crippen LogP contribution in [-0.4, -0.2) is 10.9 Å². The van der Waals surface area contributed by atoms with Crippen LogP contribution in [0, 0.1) is 5.82 Å². The Kier molecular flexibility index (Phi) is 3.95. The summed E-state index contributed by atoms with van der Waals surface area (Å²) < 4.78 is 51.6. The number of amides is 1. The summed E-state index contributed by atoms with van der Waals surface area (Å²) >= 11 is 0. The first kappa shape index (κ1) is 17.2. The van der Waals surface area contributed by atoms with Crippen molar-refractivity contribution in [3.8, 4) is 22.3 Å². The van der Waals surface area contributed by atoms with Crippen molar-refractivity contribution in [2.24, 2.45) is 0 Å². The van der Waals surface area contributed by atoms with Crippen molar-refractivity contribution in [2.45, 2.75) is 12.7 Å². The van der Waals surface area contributed by atoms with Gasteiger partial charge in [-0.15, -0.1) is 0 Å². The Balaban J connectivity index is 1.89. The zero-order valence-corrected chi connectivity index (χ0v) is 13.8. The van der Waals surface area contributed by atoms with E-state index in [9.17, 15) is 22.4 Å². The first-order valence-corrected chi connectivity index (χ1v) is 8.07. The number of pyridine rings is 1. The van der Waals surface area contributed by atoms with Crippen molar-refractivity contribution < 1.29 is 22.4 Å². The first-order chi connectivity index (χ1) is 12.8. The lowest BCUT2D eigenvalue weighted by molar-refractivity contribution is -0.141. The lowest BCUT2D eigenvalue weighted by Crippen LogP contribution is -2.12. The van der Waals surface area contributed by atoms with Gasteiger partial charge in [-0.1, -0.05) is 18.2 Å². The molecule has 0 saturated heterocycles. The highest BCUT2D eigenvalue weighted by Crippen LogP contribution is 2.37. The molecule has 1 aliphatic heterocycles. The average molecular weight is 372 g/mol. The van der Waals surface area contributed by atoms with Crippen LogP contribution in [0.2, 0.25) is 0 Å². The molecular formula is C20H12F4N2O. The number of alkyl halides is 3. The molecule has 0 atom stereocenters. The number of nitrogens with one attached hydrogen (secondary N) is 1. The zero-order valence-electron chi connectivity index (χ0n) is 13.8. The van der Waals surface area contributed by atoms with Gasteiger partial charge in [0.25, 0.3) is 5.91 Å². The molecular weight excluding hydrogens is 360 g/mol. The van der Waals surface area contributed by atoms with Gasteiger partial charge in [0.05, 0.1) is 0 Å². The molecule has 1 aliphatic rings. The maximum Gasteiger partial charge on any atom is 0.433 e. The molecule has 0 bridgehead atoms. The molecule has 0 unspecified atom stereocenters. The largest absolute Gasteiger partial charge is 0.433 e. The predicted molar refractivity (Wildman–Crippen MR) is 91.2 cm³/mol. The minimum absolute atomic E-state index is 0.217. The molecule has 4 rings (SSSR count). The van der Waals surface area contributed by atoms with Gasteiger partial charge in [0, 0.05) is 23.9 Å². The van der Waals surface area contributed by atoms with Crippen molar-refractivity contribution in [1.82, 2.24) is 10.3 Å². The minimum atomic E-state index is -4.52. The van der Waals surface area contributed by atoms with Gasteiger partial charge in [-0.2, -0.15) is 13.2 Å². The molecule has 3 aromatic rings. The van der Waals surface area contributed by atoms with Crippen molar-refractivity contribution >= 4 is 5.91 Å². The lowest BCUT2D eigenvalue weighted by Gasteiger charge is -2.13. The number of halogens is 4. The van der Waals surface area contributed by atoms with E-state index in [1.165, 1.54) is 18.2 Å². The Morgan fingerprint density at radius 2 is 1.56 bits per heavy atom.